The average Bonchev–Trinajstić information content (AvgIpc) is 3.13. The minimum atomic E-state index is 0.0102. The zero-order valence-electron chi connectivity index (χ0n) is 10.4. The van der Waals surface area contributed by atoms with Crippen molar-refractivity contribution in [3.8, 4) is 0 Å². The molecule has 18 heavy (non-hydrogen) atoms. The van der Waals surface area contributed by atoms with Crippen LogP contribution in [0.5, 0.6) is 0 Å². The normalized spacial score (nSPS) is 19.4. The lowest BCUT2D eigenvalue weighted by molar-refractivity contribution is 0.0953. The van der Waals surface area contributed by atoms with Crippen LogP contribution in [0.25, 0.3) is 0 Å². The zero-order valence-corrected chi connectivity index (χ0v) is 11.2. The second-order valence-corrected chi connectivity index (χ2v) is 5.96. The number of benzene rings is 1. The molecule has 1 aromatic carbocycles. The number of nitrogens with one attached hydrogen (secondary N) is 1. The Labute approximate surface area is 113 Å². The zero-order chi connectivity index (χ0) is 12.5. The molecule has 0 spiro atoms. The van der Waals surface area contributed by atoms with Gasteiger partial charge in [-0.3, -0.25) is 4.79 Å². The van der Waals surface area contributed by atoms with E-state index in [0.717, 1.165) is 18.4 Å². The molecule has 2 aliphatic carbocycles. The van der Waals surface area contributed by atoms with E-state index in [0.29, 0.717) is 12.5 Å². The molecule has 0 bridgehead atoms. The van der Waals surface area contributed by atoms with Crippen LogP contribution in [0.4, 0.5) is 0 Å². The largest absolute Gasteiger partial charge is 0.351 e. The molecule has 0 heterocycles. The molecule has 1 amide bonds. The van der Waals surface area contributed by atoms with Crippen LogP contribution in [0.3, 0.4) is 0 Å². The number of halogens is 1. The van der Waals surface area contributed by atoms with Crippen molar-refractivity contribution in [1.29, 1.82) is 0 Å². The molecule has 0 aromatic heterocycles. The summed E-state index contributed by atoms with van der Waals surface area (Å²) in [5.74, 6) is 0.628. The summed E-state index contributed by atoms with van der Waals surface area (Å²) in [6.07, 6.45) is 5.90. The summed E-state index contributed by atoms with van der Waals surface area (Å²) in [5, 5.41) is 3.04. The smallest absolute Gasteiger partial charge is 0.251 e. The van der Waals surface area contributed by atoms with Gasteiger partial charge in [0.25, 0.3) is 5.91 Å². The number of amides is 1. The number of hydrogen-bond acceptors (Lipinski definition) is 1. The molecule has 3 rings (SSSR count). The van der Waals surface area contributed by atoms with E-state index in [1.807, 2.05) is 12.1 Å². The molecule has 1 unspecified atom stereocenters. The molecule has 1 aromatic rings. The van der Waals surface area contributed by atoms with Crippen molar-refractivity contribution < 1.29 is 4.79 Å². The summed E-state index contributed by atoms with van der Waals surface area (Å²) >= 11 is 6.19. The summed E-state index contributed by atoms with van der Waals surface area (Å²) in [7, 11) is 0. The van der Waals surface area contributed by atoms with Crippen molar-refractivity contribution in [2.75, 3.05) is 6.54 Å². The Morgan fingerprint density at radius 2 is 2.11 bits per heavy atom. The van der Waals surface area contributed by atoms with E-state index < -0.39 is 0 Å². The Morgan fingerprint density at radius 3 is 2.89 bits per heavy atom. The highest BCUT2D eigenvalue weighted by atomic mass is 35.5. The molecule has 96 valence electrons. The van der Waals surface area contributed by atoms with E-state index in [1.54, 1.807) is 0 Å². The van der Waals surface area contributed by atoms with Crippen molar-refractivity contribution in [2.24, 2.45) is 5.92 Å². The summed E-state index contributed by atoms with van der Waals surface area (Å²) in [4.78, 5) is 12.0. The minimum absolute atomic E-state index is 0.0102. The Kier molecular flexibility index (Phi) is 3.29. The second kappa shape index (κ2) is 4.93. The first-order valence-corrected chi connectivity index (χ1v) is 7.22. The van der Waals surface area contributed by atoms with Crippen molar-refractivity contribution in [3.05, 3.63) is 34.9 Å². The lowest BCUT2D eigenvalue weighted by Gasteiger charge is -2.10. The summed E-state index contributed by atoms with van der Waals surface area (Å²) < 4.78 is 0. The number of aryl methyl sites for hydroxylation is 2. The number of fused-ring (bicyclic) bond motifs is 1. The van der Waals surface area contributed by atoms with Gasteiger partial charge in [0.1, 0.15) is 0 Å². The van der Waals surface area contributed by atoms with Gasteiger partial charge < -0.3 is 5.32 Å². The van der Waals surface area contributed by atoms with Crippen molar-refractivity contribution in [1.82, 2.24) is 5.32 Å². The molecule has 1 fully saturated rings. The lowest BCUT2D eigenvalue weighted by atomic mass is 10.1. The van der Waals surface area contributed by atoms with Gasteiger partial charge in [-0.15, -0.1) is 11.6 Å². The maximum absolute atomic E-state index is 12.0. The van der Waals surface area contributed by atoms with Crippen molar-refractivity contribution in [2.45, 2.75) is 37.5 Å². The molecule has 2 nitrogen and oxygen atoms in total. The van der Waals surface area contributed by atoms with Gasteiger partial charge in [0.05, 0.1) is 5.38 Å². The molecule has 0 aliphatic heterocycles. The SMILES string of the molecule is O=C(NCC(Cl)C1CC1)c1ccc2c(c1)CCC2. The van der Waals surface area contributed by atoms with Crippen LogP contribution in [0, 0.1) is 5.92 Å². The van der Waals surface area contributed by atoms with E-state index in [9.17, 15) is 4.79 Å². The quantitative estimate of drug-likeness (QED) is 0.832. The fraction of sp³-hybridized carbons (Fsp3) is 0.533. The number of hydrogen-bond donors (Lipinski definition) is 1. The maximum atomic E-state index is 12.0. The average molecular weight is 264 g/mol. The van der Waals surface area contributed by atoms with Gasteiger partial charge in [-0.1, -0.05) is 6.07 Å². The second-order valence-electron chi connectivity index (χ2n) is 5.40. The van der Waals surface area contributed by atoms with Gasteiger partial charge in [-0.25, -0.2) is 0 Å². The maximum Gasteiger partial charge on any atom is 0.251 e. The standard InChI is InChI=1S/C15H18ClNO/c16-14(11-5-6-11)9-17-15(18)13-7-4-10-2-1-3-12(10)8-13/h4,7-8,11,14H,1-3,5-6,9H2,(H,17,18). The van der Waals surface area contributed by atoms with Crippen LogP contribution >= 0.6 is 11.6 Å². The predicted octanol–water partition coefficient (Wildman–Crippen LogP) is 2.92. The van der Waals surface area contributed by atoms with Gasteiger partial charge in [-0.05, 0) is 61.3 Å². The topological polar surface area (TPSA) is 29.1 Å². The highest BCUT2D eigenvalue weighted by molar-refractivity contribution is 6.21. The third-order valence-corrected chi connectivity index (χ3v) is 4.46. The van der Waals surface area contributed by atoms with Crippen LogP contribution in [-0.2, 0) is 12.8 Å². The fourth-order valence-electron chi connectivity index (χ4n) is 2.63. The van der Waals surface area contributed by atoms with Crippen LogP contribution in [-0.4, -0.2) is 17.8 Å². The van der Waals surface area contributed by atoms with Gasteiger partial charge in [0, 0.05) is 12.1 Å². The van der Waals surface area contributed by atoms with E-state index in [4.69, 9.17) is 11.6 Å². The summed E-state index contributed by atoms with van der Waals surface area (Å²) in [6.45, 7) is 0.585. The number of carbonyl (C=O) groups excluding carboxylic acids is 1. The first-order valence-electron chi connectivity index (χ1n) is 6.78. The highest BCUT2D eigenvalue weighted by Crippen LogP contribution is 2.35. The number of rotatable bonds is 4. The van der Waals surface area contributed by atoms with Crippen LogP contribution in [0.15, 0.2) is 18.2 Å². The monoisotopic (exact) mass is 263 g/mol. The van der Waals surface area contributed by atoms with E-state index in [1.165, 1.54) is 30.4 Å². The van der Waals surface area contributed by atoms with Crippen molar-refractivity contribution in [3.63, 3.8) is 0 Å². The first-order chi connectivity index (χ1) is 8.74. The molecule has 0 radical (unpaired) electrons. The van der Waals surface area contributed by atoms with Crippen molar-refractivity contribution >= 4 is 17.5 Å². The van der Waals surface area contributed by atoms with Gasteiger partial charge in [-0.2, -0.15) is 0 Å². The Balaban J connectivity index is 1.61. The third-order valence-electron chi connectivity index (χ3n) is 3.95. The first kappa shape index (κ1) is 12.0. The lowest BCUT2D eigenvalue weighted by Crippen LogP contribution is -2.30. The molecule has 0 saturated heterocycles. The predicted molar refractivity (Wildman–Crippen MR) is 73.2 cm³/mol. The molecular weight excluding hydrogens is 246 g/mol. The van der Waals surface area contributed by atoms with E-state index in [2.05, 4.69) is 11.4 Å². The Bertz CT molecular complexity index is 468. The molecule has 2 aliphatic rings. The number of carbonyl (C=O) groups is 1. The third kappa shape index (κ3) is 2.54. The molecule has 1 N–H and O–H groups in total. The molecular formula is C15H18ClNO. The highest BCUT2D eigenvalue weighted by Gasteiger charge is 2.29. The van der Waals surface area contributed by atoms with E-state index in [-0.39, 0.29) is 11.3 Å². The van der Waals surface area contributed by atoms with Gasteiger partial charge in [0.2, 0.25) is 0 Å². The molecule has 1 atom stereocenters. The van der Waals surface area contributed by atoms with Gasteiger partial charge in [0.15, 0.2) is 0 Å². The van der Waals surface area contributed by atoms with Crippen LogP contribution in [0.2, 0.25) is 0 Å². The van der Waals surface area contributed by atoms with E-state index >= 15 is 0 Å². The summed E-state index contributed by atoms with van der Waals surface area (Å²) in [5.41, 5.74) is 3.52. The minimum Gasteiger partial charge on any atom is -0.351 e. The molecule has 1 saturated carbocycles. The fourth-order valence-corrected chi connectivity index (χ4v) is 2.96. The Hall–Kier alpha value is -1.02. The van der Waals surface area contributed by atoms with Crippen LogP contribution < -0.4 is 5.32 Å². The summed E-state index contributed by atoms with van der Waals surface area (Å²) in [6, 6.07) is 6.06. The number of alkyl halides is 1. The van der Waals surface area contributed by atoms with Crippen LogP contribution in [0.1, 0.15) is 40.7 Å². The van der Waals surface area contributed by atoms with Gasteiger partial charge >= 0.3 is 0 Å². The molecule has 3 heteroatoms. The Morgan fingerprint density at radius 1 is 1.33 bits per heavy atom.